The lowest BCUT2D eigenvalue weighted by Crippen LogP contribution is -2.31. The Morgan fingerprint density at radius 3 is 2.63 bits per heavy atom. The fourth-order valence-electron chi connectivity index (χ4n) is 3.48. The number of nitrogens with two attached hydrogens (primary N) is 1. The summed E-state index contributed by atoms with van der Waals surface area (Å²) < 4.78 is 0. The number of benzene rings is 2. The van der Waals surface area contributed by atoms with Gasteiger partial charge in [0.15, 0.2) is 0 Å². The van der Waals surface area contributed by atoms with Crippen molar-refractivity contribution in [2.75, 3.05) is 4.90 Å². The molecule has 0 saturated carbocycles. The number of fused-ring (bicyclic) bond motifs is 3. The number of amides is 1. The first kappa shape index (κ1) is 19.5. The molecule has 2 aliphatic heterocycles. The Morgan fingerprint density at radius 1 is 1.19 bits per heavy atom. The van der Waals surface area contributed by atoms with Gasteiger partial charge in [-0.05, 0) is 36.8 Å². The number of aliphatic imine (C=N–C) groups is 1. The molecule has 2 aliphatic rings. The second-order valence-electron chi connectivity index (χ2n) is 6.20. The average Bonchev–Trinajstić information content (AvgIpc) is 2.84. The molecule has 2 aromatic rings. The molecule has 0 radical (unpaired) electrons. The van der Waals surface area contributed by atoms with Crippen molar-refractivity contribution in [1.82, 2.24) is 5.32 Å². The molecule has 27 heavy (non-hydrogen) atoms. The number of hydrogen-bond acceptors (Lipinski definition) is 4. The summed E-state index contributed by atoms with van der Waals surface area (Å²) >= 11 is 12.7. The fraction of sp³-hybridized carbons (Fsp3) is 0.158. The molecule has 2 unspecified atom stereocenters. The van der Waals surface area contributed by atoms with E-state index in [1.54, 1.807) is 6.20 Å². The van der Waals surface area contributed by atoms with Gasteiger partial charge in [0.1, 0.15) is 11.9 Å². The summed E-state index contributed by atoms with van der Waals surface area (Å²) in [6.07, 6.45) is 1.52. The minimum atomic E-state index is -0.556. The molecule has 2 heterocycles. The summed E-state index contributed by atoms with van der Waals surface area (Å²) in [5.74, 6) is -0.556. The second-order valence-corrected chi connectivity index (χ2v) is 7.04. The van der Waals surface area contributed by atoms with Crippen molar-refractivity contribution in [2.45, 2.75) is 19.1 Å². The second kappa shape index (κ2) is 7.43. The highest BCUT2D eigenvalue weighted by Crippen LogP contribution is 2.41. The molecular formula is C19H17Cl3N4O. The number of carbonyl (C=O) groups is 1. The molecule has 0 aliphatic carbocycles. The molecule has 5 nitrogen and oxygen atoms in total. The van der Waals surface area contributed by atoms with E-state index in [4.69, 9.17) is 28.9 Å². The summed E-state index contributed by atoms with van der Waals surface area (Å²) in [7, 11) is 0. The van der Waals surface area contributed by atoms with E-state index in [-0.39, 0.29) is 30.3 Å². The maximum atomic E-state index is 11.8. The number of nitrogens with zero attached hydrogens (tertiary/aromatic N) is 2. The third-order valence-corrected chi connectivity index (χ3v) is 5.17. The summed E-state index contributed by atoms with van der Waals surface area (Å²) in [6, 6.07) is 13.1. The van der Waals surface area contributed by atoms with E-state index in [1.165, 1.54) is 0 Å². The van der Waals surface area contributed by atoms with E-state index in [2.05, 4.69) is 10.3 Å². The standard InChI is InChI=1S/C19H16Cl2N4O.ClH/c1-10-24-18(19(22)26)16-9-23-17(12-4-2-3-5-14(12)21)13-8-11(20)6-7-15(13)25(10)16;/h2-10,17,23H,1H3,(H2,22,26);1H. The van der Waals surface area contributed by atoms with Gasteiger partial charge in [-0.15, -0.1) is 12.4 Å². The molecule has 0 spiro atoms. The Balaban J connectivity index is 0.00000210. The topological polar surface area (TPSA) is 70.7 Å². The van der Waals surface area contributed by atoms with Crippen molar-refractivity contribution in [2.24, 2.45) is 10.7 Å². The van der Waals surface area contributed by atoms with Gasteiger partial charge >= 0.3 is 0 Å². The molecule has 0 bridgehead atoms. The third kappa shape index (κ3) is 3.27. The van der Waals surface area contributed by atoms with Crippen LogP contribution in [0.15, 0.2) is 59.4 Å². The van der Waals surface area contributed by atoms with E-state index in [9.17, 15) is 4.79 Å². The van der Waals surface area contributed by atoms with Gasteiger partial charge in [-0.2, -0.15) is 0 Å². The lowest BCUT2D eigenvalue weighted by molar-refractivity contribution is -0.111. The molecule has 0 aromatic heterocycles. The molecule has 2 atom stereocenters. The Morgan fingerprint density at radius 2 is 1.93 bits per heavy atom. The van der Waals surface area contributed by atoms with Gasteiger partial charge in [0.25, 0.3) is 5.91 Å². The first-order chi connectivity index (χ1) is 12.5. The molecule has 4 rings (SSSR count). The van der Waals surface area contributed by atoms with Gasteiger partial charge < -0.3 is 16.0 Å². The lowest BCUT2D eigenvalue weighted by atomic mass is 9.97. The number of anilines is 1. The van der Waals surface area contributed by atoms with E-state index in [0.29, 0.717) is 15.7 Å². The van der Waals surface area contributed by atoms with Crippen LogP contribution in [-0.2, 0) is 4.79 Å². The minimum Gasteiger partial charge on any atom is -0.378 e. The Hall–Kier alpha value is -2.21. The zero-order valence-electron chi connectivity index (χ0n) is 14.3. The van der Waals surface area contributed by atoms with E-state index >= 15 is 0 Å². The normalized spacial score (nSPS) is 20.3. The predicted molar refractivity (Wildman–Crippen MR) is 112 cm³/mol. The first-order valence-corrected chi connectivity index (χ1v) is 8.90. The van der Waals surface area contributed by atoms with E-state index in [0.717, 1.165) is 16.8 Å². The summed E-state index contributed by atoms with van der Waals surface area (Å²) in [5.41, 5.74) is 9.19. The van der Waals surface area contributed by atoms with Crippen molar-refractivity contribution in [3.8, 4) is 0 Å². The minimum absolute atomic E-state index is 0. The van der Waals surface area contributed by atoms with Crippen molar-refractivity contribution in [3.63, 3.8) is 0 Å². The highest BCUT2D eigenvalue weighted by atomic mass is 35.5. The van der Waals surface area contributed by atoms with Gasteiger partial charge in [-0.25, -0.2) is 0 Å². The predicted octanol–water partition coefficient (Wildman–Crippen LogP) is 4.04. The lowest BCUT2D eigenvalue weighted by Gasteiger charge is -2.27. The number of primary amides is 1. The van der Waals surface area contributed by atoms with Crippen molar-refractivity contribution in [1.29, 1.82) is 0 Å². The monoisotopic (exact) mass is 422 g/mol. The number of carbonyl (C=O) groups excluding carboxylic acids is 1. The van der Waals surface area contributed by atoms with Gasteiger partial charge in [0, 0.05) is 27.5 Å². The molecule has 3 N–H and O–H groups in total. The largest absolute Gasteiger partial charge is 0.378 e. The number of nitrogens with one attached hydrogen (secondary N) is 1. The summed E-state index contributed by atoms with van der Waals surface area (Å²) in [6.45, 7) is 1.91. The summed E-state index contributed by atoms with van der Waals surface area (Å²) in [4.78, 5) is 18.2. The van der Waals surface area contributed by atoms with Crippen LogP contribution in [0.2, 0.25) is 10.0 Å². The van der Waals surface area contributed by atoms with E-state index < -0.39 is 5.91 Å². The van der Waals surface area contributed by atoms with Crippen LogP contribution in [0.3, 0.4) is 0 Å². The van der Waals surface area contributed by atoms with Gasteiger partial charge in [-0.1, -0.05) is 41.4 Å². The summed E-state index contributed by atoms with van der Waals surface area (Å²) in [5, 5.41) is 4.63. The van der Waals surface area contributed by atoms with Crippen LogP contribution in [0.5, 0.6) is 0 Å². The van der Waals surface area contributed by atoms with Crippen molar-refractivity contribution in [3.05, 3.63) is 75.5 Å². The van der Waals surface area contributed by atoms with Crippen LogP contribution < -0.4 is 16.0 Å². The number of rotatable bonds is 2. The number of halogens is 3. The SMILES string of the molecule is CC1N=C(C(N)=O)C2=CNC(c3ccccc3Cl)c3cc(Cl)ccc3N21.Cl. The molecule has 0 fully saturated rings. The van der Waals surface area contributed by atoms with Crippen LogP contribution >= 0.6 is 35.6 Å². The maximum absolute atomic E-state index is 11.8. The Bertz CT molecular complexity index is 973. The van der Waals surface area contributed by atoms with Crippen molar-refractivity contribution < 1.29 is 4.79 Å². The Labute approximate surface area is 173 Å². The number of hydrogen-bond donors (Lipinski definition) is 2. The highest BCUT2D eigenvalue weighted by Gasteiger charge is 2.36. The zero-order chi connectivity index (χ0) is 18.4. The fourth-order valence-corrected chi connectivity index (χ4v) is 3.90. The Kier molecular flexibility index (Phi) is 5.38. The molecule has 140 valence electrons. The van der Waals surface area contributed by atoms with Gasteiger partial charge in [-0.3, -0.25) is 9.79 Å². The van der Waals surface area contributed by atoms with Gasteiger partial charge in [0.05, 0.1) is 11.7 Å². The maximum Gasteiger partial charge on any atom is 0.269 e. The van der Waals surface area contributed by atoms with Crippen LogP contribution in [0.1, 0.15) is 24.1 Å². The van der Waals surface area contributed by atoms with Crippen LogP contribution in [0.25, 0.3) is 0 Å². The van der Waals surface area contributed by atoms with Crippen LogP contribution in [0.4, 0.5) is 5.69 Å². The molecule has 2 aromatic carbocycles. The molecular weight excluding hydrogens is 407 g/mol. The molecule has 8 heteroatoms. The quantitative estimate of drug-likeness (QED) is 0.766. The zero-order valence-corrected chi connectivity index (χ0v) is 16.6. The van der Waals surface area contributed by atoms with Crippen LogP contribution in [0, 0.1) is 0 Å². The first-order valence-electron chi connectivity index (χ1n) is 8.14. The van der Waals surface area contributed by atoms with E-state index in [1.807, 2.05) is 54.3 Å². The highest BCUT2D eigenvalue weighted by molar-refractivity contribution is 6.46. The van der Waals surface area contributed by atoms with Crippen molar-refractivity contribution >= 4 is 52.9 Å². The van der Waals surface area contributed by atoms with Crippen LogP contribution in [-0.4, -0.2) is 17.8 Å². The average molecular weight is 424 g/mol. The smallest absolute Gasteiger partial charge is 0.269 e. The third-order valence-electron chi connectivity index (χ3n) is 4.59. The van der Waals surface area contributed by atoms with Gasteiger partial charge in [0.2, 0.25) is 0 Å². The molecule has 0 saturated heterocycles. The molecule has 1 amide bonds.